The van der Waals surface area contributed by atoms with E-state index >= 15 is 0 Å². The average Bonchev–Trinajstić information content (AvgIpc) is 2.31. The predicted octanol–water partition coefficient (Wildman–Crippen LogP) is -0.412. The quantitative estimate of drug-likeness (QED) is 0.687. The number of hydrogen-bond donors (Lipinski definition) is 2. The molecule has 0 aromatic rings. The highest BCUT2D eigenvalue weighted by molar-refractivity contribution is 5.81. The molecule has 2 amide bonds. The second-order valence-electron chi connectivity index (χ2n) is 4.62. The first-order valence-corrected chi connectivity index (χ1v) is 5.87. The summed E-state index contributed by atoms with van der Waals surface area (Å²) in [5, 5.41) is 11.7. The van der Waals surface area contributed by atoms with Crippen molar-refractivity contribution in [1.29, 1.82) is 0 Å². The van der Waals surface area contributed by atoms with Gasteiger partial charge in [0.2, 0.25) is 11.8 Å². The van der Waals surface area contributed by atoms with Crippen molar-refractivity contribution in [2.75, 3.05) is 13.1 Å². The maximum absolute atomic E-state index is 11.8. The number of carbonyl (C=O) groups excluding carboxylic acids is 2. The number of aliphatic carboxylic acids is 1. The number of nitrogens with one attached hydrogen (secondary N) is 1. The highest BCUT2D eigenvalue weighted by Gasteiger charge is 2.35. The van der Waals surface area contributed by atoms with Crippen LogP contribution in [0.5, 0.6) is 0 Å². The third-order valence-corrected chi connectivity index (χ3v) is 3.47. The summed E-state index contributed by atoms with van der Waals surface area (Å²) in [6.07, 6.45) is 1.75. The van der Waals surface area contributed by atoms with Gasteiger partial charge in [-0.2, -0.15) is 0 Å². The van der Waals surface area contributed by atoms with Crippen molar-refractivity contribution in [1.82, 2.24) is 10.2 Å². The summed E-state index contributed by atoms with van der Waals surface area (Å²) < 4.78 is 0. The van der Waals surface area contributed by atoms with Gasteiger partial charge in [0.25, 0.3) is 0 Å². The van der Waals surface area contributed by atoms with Crippen LogP contribution in [0.1, 0.15) is 25.7 Å². The van der Waals surface area contributed by atoms with Crippen molar-refractivity contribution in [2.45, 2.75) is 31.7 Å². The molecule has 2 saturated heterocycles. The summed E-state index contributed by atoms with van der Waals surface area (Å²) in [4.78, 5) is 35.4. The van der Waals surface area contributed by atoms with Gasteiger partial charge in [-0.1, -0.05) is 0 Å². The molecule has 6 nitrogen and oxygen atoms in total. The lowest BCUT2D eigenvalue weighted by molar-refractivity contribution is -0.149. The Morgan fingerprint density at radius 3 is 2.65 bits per heavy atom. The molecule has 2 rings (SSSR count). The molecule has 0 aromatic heterocycles. The molecular formula is C11H16N2O4. The smallest absolute Gasteiger partial charge is 0.308 e. The molecule has 2 aliphatic rings. The fourth-order valence-corrected chi connectivity index (χ4v) is 2.41. The molecule has 94 valence electrons. The number of carboxylic acids is 1. The summed E-state index contributed by atoms with van der Waals surface area (Å²) in [6, 6.07) is -0.0395. The molecular weight excluding hydrogens is 224 g/mol. The molecule has 2 fully saturated rings. The topological polar surface area (TPSA) is 86.7 Å². The monoisotopic (exact) mass is 240 g/mol. The van der Waals surface area contributed by atoms with Gasteiger partial charge >= 0.3 is 5.97 Å². The van der Waals surface area contributed by atoms with Gasteiger partial charge < -0.3 is 15.3 Å². The number of hydrogen-bond acceptors (Lipinski definition) is 3. The van der Waals surface area contributed by atoms with Crippen LogP contribution < -0.4 is 5.32 Å². The first-order valence-electron chi connectivity index (χ1n) is 5.87. The van der Waals surface area contributed by atoms with Gasteiger partial charge in [-0.15, -0.1) is 0 Å². The molecule has 0 bridgehead atoms. The van der Waals surface area contributed by atoms with Gasteiger partial charge in [-0.05, 0) is 12.8 Å². The van der Waals surface area contributed by atoms with Crippen LogP contribution in [0, 0.1) is 5.92 Å². The standard InChI is InChI=1S/C11H16N2O4/c14-9-3-2-8(5-12-9)13-6-7(11(16)17)1-4-10(13)15/h7-8H,1-6H2,(H,12,14)(H,16,17). The number of carboxylic acid groups (broad SMARTS) is 1. The van der Waals surface area contributed by atoms with E-state index in [0.717, 1.165) is 0 Å². The third-order valence-electron chi connectivity index (χ3n) is 3.47. The largest absolute Gasteiger partial charge is 0.481 e. The van der Waals surface area contributed by atoms with E-state index in [9.17, 15) is 14.4 Å². The van der Waals surface area contributed by atoms with Crippen LogP contribution in [0.15, 0.2) is 0 Å². The van der Waals surface area contributed by atoms with Gasteiger partial charge in [0.05, 0.1) is 5.92 Å². The van der Waals surface area contributed by atoms with E-state index in [1.807, 2.05) is 0 Å². The highest BCUT2D eigenvalue weighted by Crippen LogP contribution is 2.22. The molecule has 2 N–H and O–H groups in total. The number of rotatable bonds is 2. The Hall–Kier alpha value is -1.59. The normalized spacial score (nSPS) is 30.0. The summed E-state index contributed by atoms with van der Waals surface area (Å²) in [5.41, 5.74) is 0. The first-order chi connectivity index (χ1) is 8.08. The molecule has 0 spiro atoms. The minimum Gasteiger partial charge on any atom is -0.481 e. The molecule has 2 unspecified atom stereocenters. The number of amides is 2. The Kier molecular flexibility index (Phi) is 3.31. The molecule has 0 aliphatic carbocycles. The van der Waals surface area contributed by atoms with Crippen LogP contribution in [-0.4, -0.2) is 46.9 Å². The van der Waals surface area contributed by atoms with E-state index in [0.29, 0.717) is 32.2 Å². The lowest BCUT2D eigenvalue weighted by Crippen LogP contribution is -2.54. The van der Waals surface area contributed by atoms with E-state index in [-0.39, 0.29) is 24.4 Å². The van der Waals surface area contributed by atoms with E-state index < -0.39 is 11.9 Å². The van der Waals surface area contributed by atoms with Crippen molar-refractivity contribution >= 4 is 17.8 Å². The maximum atomic E-state index is 11.8. The van der Waals surface area contributed by atoms with Crippen molar-refractivity contribution < 1.29 is 19.5 Å². The van der Waals surface area contributed by atoms with E-state index in [1.165, 1.54) is 0 Å². The van der Waals surface area contributed by atoms with Gasteiger partial charge in [0, 0.05) is 32.0 Å². The van der Waals surface area contributed by atoms with Gasteiger partial charge in [-0.25, -0.2) is 0 Å². The molecule has 6 heteroatoms. The average molecular weight is 240 g/mol. The third kappa shape index (κ3) is 2.57. The Morgan fingerprint density at radius 2 is 2.06 bits per heavy atom. The number of carbonyl (C=O) groups is 3. The molecule has 2 atom stereocenters. The van der Waals surface area contributed by atoms with E-state index in [2.05, 4.69) is 5.32 Å². The molecule has 2 aliphatic heterocycles. The van der Waals surface area contributed by atoms with Crippen LogP contribution in [0.3, 0.4) is 0 Å². The minimum atomic E-state index is -0.845. The van der Waals surface area contributed by atoms with E-state index in [1.54, 1.807) is 4.90 Å². The van der Waals surface area contributed by atoms with Gasteiger partial charge in [-0.3, -0.25) is 14.4 Å². The van der Waals surface area contributed by atoms with Crippen molar-refractivity contribution in [3.05, 3.63) is 0 Å². The van der Waals surface area contributed by atoms with Crippen molar-refractivity contribution in [2.24, 2.45) is 5.92 Å². The van der Waals surface area contributed by atoms with E-state index in [4.69, 9.17) is 5.11 Å². The van der Waals surface area contributed by atoms with Crippen LogP contribution in [0.25, 0.3) is 0 Å². The number of piperidine rings is 2. The Morgan fingerprint density at radius 1 is 1.29 bits per heavy atom. The zero-order valence-electron chi connectivity index (χ0n) is 9.52. The van der Waals surface area contributed by atoms with Crippen molar-refractivity contribution in [3.63, 3.8) is 0 Å². The zero-order chi connectivity index (χ0) is 12.4. The Balaban J connectivity index is 2.00. The maximum Gasteiger partial charge on any atom is 0.308 e. The summed E-state index contributed by atoms with van der Waals surface area (Å²) >= 11 is 0. The minimum absolute atomic E-state index is 0.000456. The van der Waals surface area contributed by atoms with Gasteiger partial charge in [0.1, 0.15) is 0 Å². The second kappa shape index (κ2) is 4.73. The first kappa shape index (κ1) is 11.9. The highest BCUT2D eigenvalue weighted by atomic mass is 16.4. The number of likely N-dealkylation sites (tertiary alicyclic amines) is 1. The summed E-state index contributed by atoms with van der Waals surface area (Å²) in [5.74, 6) is -1.31. The Bertz CT molecular complexity index is 345. The van der Waals surface area contributed by atoms with Crippen LogP contribution in [-0.2, 0) is 14.4 Å². The summed E-state index contributed by atoms with van der Waals surface area (Å²) in [7, 11) is 0. The zero-order valence-corrected chi connectivity index (χ0v) is 9.52. The fourth-order valence-electron chi connectivity index (χ4n) is 2.41. The molecule has 17 heavy (non-hydrogen) atoms. The van der Waals surface area contributed by atoms with Crippen molar-refractivity contribution in [3.8, 4) is 0 Å². The second-order valence-corrected chi connectivity index (χ2v) is 4.62. The predicted molar refractivity (Wildman–Crippen MR) is 58.1 cm³/mol. The number of nitrogens with zero attached hydrogens (tertiary/aromatic N) is 1. The SMILES string of the molecule is O=C1CCC(N2CC(C(=O)O)CCC2=O)CN1. The lowest BCUT2D eigenvalue weighted by Gasteiger charge is -2.38. The molecule has 0 aromatic carbocycles. The van der Waals surface area contributed by atoms with Gasteiger partial charge in [0.15, 0.2) is 0 Å². The molecule has 0 saturated carbocycles. The fraction of sp³-hybridized carbons (Fsp3) is 0.727. The molecule has 2 heterocycles. The summed E-state index contributed by atoms with van der Waals surface area (Å²) in [6.45, 7) is 0.714. The molecule has 0 radical (unpaired) electrons. The van der Waals surface area contributed by atoms with Crippen LogP contribution >= 0.6 is 0 Å². The van der Waals surface area contributed by atoms with Crippen LogP contribution in [0.2, 0.25) is 0 Å². The lowest BCUT2D eigenvalue weighted by atomic mass is 9.94. The van der Waals surface area contributed by atoms with Crippen LogP contribution in [0.4, 0.5) is 0 Å². The Labute approximate surface area is 99.0 Å².